The number of rotatable bonds is 1. The molecule has 0 aromatic heterocycles. The molecule has 2 rings (SSSR count). The lowest BCUT2D eigenvalue weighted by molar-refractivity contribution is 0.901. The molecular weight excluding hydrogens is 216 g/mol. The van der Waals surface area contributed by atoms with Crippen molar-refractivity contribution in [3.63, 3.8) is 0 Å². The molecule has 0 aliphatic carbocycles. The van der Waals surface area contributed by atoms with Gasteiger partial charge in [0.15, 0.2) is 0 Å². The van der Waals surface area contributed by atoms with Crippen molar-refractivity contribution in [2.45, 2.75) is 0 Å². The van der Waals surface area contributed by atoms with Gasteiger partial charge in [-0.25, -0.2) is 0 Å². The maximum absolute atomic E-state index is 3.40. The Morgan fingerprint density at radius 3 is 2.58 bits per heavy atom. The Bertz CT molecular complexity index is 292. The summed E-state index contributed by atoms with van der Waals surface area (Å²) >= 11 is 3.40. The molecule has 2 nitrogen and oxygen atoms in total. The van der Waals surface area contributed by atoms with Crippen LogP contribution in [0.25, 0.3) is 0 Å². The van der Waals surface area contributed by atoms with Gasteiger partial charge < -0.3 is 10.2 Å². The van der Waals surface area contributed by atoms with Gasteiger partial charge in [-0.15, -0.1) is 0 Å². The van der Waals surface area contributed by atoms with Gasteiger partial charge in [0.25, 0.3) is 0 Å². The number of hydrogen-bond donors (Lipinski definition) is 1. The molecule has 1 aliphatic heterocycles. The van der Waals surface area contributed by atoms with Gasteiger partial charge in [0.05, 0.1) is 6.67 Å². The third-order valence-electron chi connectivity index (χ3n) is 1.79. The van der Waals surface area contributed by atoms with E-state index >= 15 is 0 Å². The molecule has 0 atom stereocenters. The predicted molar refractivity (Wildman–Crippen MR) is 53.8 cm³/mol. The fraction of sp³-hybridized carbons (Fsp3) is 0.111. The van der Waals surface area contributed by atoms with Gasteiger partial charge in [-0.3, -0.25) is 0 Å². The van der Waals surface area contributed by atoms with Gasteiger partial charge in [0.2, 0.25) is 0 Å². The summed E-state index contributed by atoms with van der Waals surface area (Å²) in [5.41, 5.74) is 1.21. The topological polar surface area (TPSA) is 15.3 Å². The standard InChI is InChI=1S/C9H9BrN2/c10-8-1-3-9(4-2-8)12-6-5-11-7-12/h1-6,11H,7H2. The van der Waals surface area contributed by atoms with Gasteiger partial charge in [-0.05, 0) is 24.3 Å². The normalized spacial score (nSPS) is 14.9. The van der Waals surface area contributed by atoms with Crippen LogP contribution in [0.2, 0.25) is 0 Å². The molecule has 1 N–H and O–H groups in total. The highest BCUT2D eigenvalue weighted by Gasteiger charge is 2.04. The second-order valence-electron chi connectivity index (χ2n) is 2.62. The van der Waals surface area contributed by atoms with Crippen molar-refractivity contribution >= 4 is 21.6 Å². The number of nitrogens with zero attached hydrogens (tertiary/aromatic N) is 1. The summed E-state index contributed by atoms with van der Waals surface area (Å²) in [7, 11) is 0. The Labute approximate surface area is 80.0 Å². The molecule has 0 fully saturated rings. The number of halogens is 1. The Morgan fingerprint density at radius 1 is 1.25 bits per heavy atom. The van der Waals surface area contributed by atoms with Crippen molar-refractivity contribution in [2.24, 2.45) is 0 Å². The first-order chi connectivity index (χ1) is 5.86. The van der Waals surface area contributed by atoms with Crippen molar-refractivity contribution in [1.82, 2.24) is 5.32 Å². The predicted octanol–water partition coefficient (Wildman–Crippen LogP) is 2.29. The third-order valence-corrected chi connectivity index (χ3v) is 2.32. The van der Waals surface area contributed by atoms with Gasteiger partial charge in [-0.2, -0.15) is 0 Å². The molecule has 0 bridgehead atoms. The first kappa shape index (κ1) is 7.68. The lowest BCUT2D eigenvalue weighted by Gasteiger charge is -2.14. The maximum Gasteiger partial charge on any atom is 0.0916 e. The van der Waals surface area contributed by atoms with Gasteiger partial charge in [0.1, 0.15) is 0 Å². The molecule has 0 radical (unpaired) electrons. The first-order valence-electron chi connectivity index (χ1n) is 3.78. The fourth-order valence-electron chi connectivity index (χ4n) is 1.16. The maximum atomic E-state index is 3.40. The van der Waals surface area contributed by atoms with E-state index in [1.54, 1.807) is 0 Å². The zero-order valence-electron chi connectivity index (χ0n) is 6.50. The van der Waals surface area contributed by atoms with E-state index < -0.39 is 0 Å². The highest BCUT2D eigenvalue weighted by molar-refractivity contribution is 9.10. The minimum atomic E-state index is 0.863. The Balaban J connectivity index is 2.23. The lowest BCUT2D eigenvalue weighted by atomic mass is 10.3. The minimum Gasteiger partial charge on any atom is -0.372 e. The second-order valence-corrected chi connectivity index (χ2v) is 3.54. The van der Waals surface area contributed by atoms with E-state index in [2.05, 4.69) is 38.3 Å². The van der Waals surface area contributed by atoms with Crippen LogP contribution in [-0.2, 0) is 0 Å². The highest BCUT2D eigenvalue weighted by Crippen LogP contribution is 2.18. The average Bonchev–Trinajstić information content (AvgIpc) is 2.58. The highest BCUT2D eigenvalue weighted by atomic mass is 79.9. The molecule has 62 valence electrons. The van der Waals surface area contributed by atoms with Crippen molar-refractivity contribution < 1.29 is 0 Å². The summed E-state index contributed by atoms with van der Waals surface area (Å²) in [6.45, 7) is 0.863. The summed E-state index contributed by atoms with van der Waals surface area (Å²) in [5, 5.41) is 3.12. The van der Waals surface area contributed by atoms with E-state index in [4.69, 9.17) is 0 Å². The molecule has 12 heavy (non-hydrogen) atoms. The fourth-order valence-corrected chi connectivity index (χ4v) is 1.42. The quantitative estimate of drug-likeness (QED) is 0.788. The summed E-state index contributed by atoms with van der Waals surface area (Å²) in [5.74, 6) is 0. The number of benzene rings is 1. The first-order valence-corrected chi connectivity index (χ1v) is 4.58. The lowest BCUT2D eigenvalue weighted by Crippen LogP contribution is -2.19. The van der Waals surface area contributed by atoms with Crippen LogP contribution >= 0.6 is 15.9 Å². The van der Waals surface area contributed by atoms with Crippen LogP contribution in [0.1, 0.15) is 0 Å². The van der Waals surface area contributed by atoms with E-state index in [-0.39, 0.29) is 0 Å². The van der Waals surface area contributed by atoms with Crippen LogP contribution in [0.15, 0.2) is 41.1 Å². The van der Waals surface area contributed by atoms with Crippen molar-refractivity contribution in [1.29, 1.82) is 0 Å². The Kier molecular flexibility index (Phi) is 2.04. The molecule has 1 aromatic carbocycles. The van der Waals surface area contributed by atoms with Crippen LogP contribution in [0.5, 0.6) is 0 Å². The van der Waals surface area contributed by atoms with Crippen molar-refractivity contribution in [3.8, 4) is 0 Å². The molecular formula is C9H9BrN2. The van der Waals surface area contributed by atoms with Crippen LogP contribution in [0, 0.1) is 0 Å². The molecule has 3 heteroatoms. The molecule has 1 aromatic rings. The minimum absolute atomic E-state index is 0.863. The molecule has 1 heterocycles. The van der Waals surface area contributed by atoms with E-state index in [1.807, 2.05) is 24.5 Å². The summed E-state index contributed by atoms with van der Waals surface area (Å²) in [6, 6.07) is 8.26. The number of hydrogen-bond acceptors (Lipinski definition) is 2. The monoisotopic (exact) mass is 224 g/mol. The summed E-state index contributed by atoms with van der Waals surface area (Å²) in [4.78, 5) is 2.15. The van der Waals surface area contributed by atoms with E-state index in [1.165, 1.54) is 5.69 Å². The summed E-state index contributed by atoms with van der Waals surface area (Å²) in [6.07, 6.45) is 3.98. The second kappa shape index (κ2) is 3.19. The van der Waals surface area contributed by atoms with Gasteiger partial charge in [0, 0.05) is 22.6 Å². The van der Waals surface area contributed by atoms with Crippen LogP contribution < -0.4 is 10.2 Å². The molecule has 0 saturated carbocycles. The van der Waals surface area contributed by atoms with Crippen LogP contribution in [-0.4, -0.2) is 6.67 Å². The zero-order chi connectivity index (χ0) is 8.39. The Hall–Kier alpha value is -0.960. The van der Waals surface area contributed by atoms with Crippen LogP contribution in [0.3, 0.4) is 0 Å². The molecule has 0 saturated heterocycles. The molecule has 0 spiro atoms. The molecule has 0 amide bonds. The number of nitrogens with one attached hydrogen (secondary N) is 1. The van der Waals surface area contributed by atoms with Crippen molar-refractivity contribution in [2.75, 3.05) is 11.6 Å². The van der Waals surface area contributed by atoms with E-state index in [0.29, 0.717) is 0 Å². The van der Waals surface area contributed by atoms with E-state index in [9.17, 15) is 0 Å². The number of anilines is 1. The average molecular weight is 225 g/mol. The largest absolute Gasteiger partial charge is 0.372 e. The van der Waals surface area contributed by atoms with Crippen LogP contribution in [0.4, 0.5) is 5.69 Å². The smallest absolute Gasteiger partial charge is 0.0916 e. The third kappa shape index (κ3) is 1.46. The van der Waals surface area contributed by atoms with E-state index in [0.717, 1.165) is 11.1 Å². The van der Waals surface area contributed by atoms with Gasteiger partial charge in [-0.1, -0.05) is 15.9 Å². The SMILES string of the molecule is Brc1ccc(N2C=CNC2)cc1. The zero-order valence-corrected chi connectivity index (χ0v) is 8.08. The molecule has 0 unspecified atom stereocenters. The van der Waals surface area contributed by atoms with Gasteiger partial charge >= 0.3 is 0 Å². The Morgan fingerprint density at radius 2 is 2.00 bits per heavy atom. The molecule has 1 aliphatic rings. The van der Waals surface area contributed by atoms with Crippen molar-refractivity contribution in [3.05, 3.63) is 41.1 Å². The summed E-state index contributed by atoms with van der Waals surface area (Å²) < 4.78 is 1.11.